The van der Waals surface area contributed by atoms with E-state index in [2.05, 4.69) is 45.4 Å². The minimum Gasteiger partial charge on any atom is -0.369 e. The number of nitrogens with two attached hydrogens (primary N) is 1. The molecule has 2 aromatic rings. The summed E-state index contributed by atoms with van der Waals surface area (Å²) >= 11 is 3.50. The fourth-order valence-electron chi connectivity index (χ4n) is 2.18. The van der Waals surface area contributed by atoms with Gasteiger partial charge in [0.25, 0.3) is 0 Å². The Morgan fingerprint density at radius 3 is 2.94 bits per heavy atom. The van der Waals surface area contributed by atoms with Crippen molar-refractivity contribution in [2.24, 2.45) is 0 Å². The van der Waals surface area contributed by atoms with E-state index in [4.69, 9.17) is 5.73 Å². The molecular formula is C13H18BrN3. The molecule has 0 spiro atoms. The fraction of sp³-hybridized carbons (Fsp3) is 0.462. The zero-order chi connectivity index (χ0) is 12.4. The molecule has 0 aliphatic rings. The monoisotopic (exact) mass is 295 g/mol. The number of hydrogen-bond donors (Lipinski definition) is 1. The zero-order valence-corrected chi connectivity index (χ0v) is 11.9. The van der Waals surface area contributed by atoms with Crippen LogP contribution >= 0.6 is 15.9 Å². The summed E-state index contributed by atoms with van der Waals surface area (Å²) in [5.74, 6) is 0.613. The maximum absolute atomic E-state index is 6.01. The van der Waals surface area contributed by atoms with Gasteiger partial charge in [0, 0.05) is 10.5 Å². The molecule has 1 heterocycles. The van der Waals surface area contributed by atoms with Gasteiger partial charge < -0.3 is 10.3 Å². The van der Waals surface area contributed by atoms with Gasteiger partial charge in [-0.15, -0.1) is 0 Å². The maximum Gasteiger partial charge on any atom is 0.201 e. The van der Waals surface area contributed by atoms with Crippen LogP contribution in [-0.2, 0) is 0 Å². The van der Waals surface area contributed by atoms with E-state index in [0.717, 1.165) is 21.9 Å². The van der Waals surface area contributed by atoms with E-state index in [1.165, 1.54) is 12.8 Å². The van der Waals surface area contributed by atoms with Gasteiger partial charge in [-0.3, -0.25) is 0 Å². The van der Waals surface area contributed by atoms with Gasteiger partial charge in [-0.1, -0.05) is 35.7 Å². The Morgan fingerprint density at radius 1 is 1.47 bits per heavy atom. The lowest BCUT2D eigenvalue weighted by Gasteiger charge is -2.15. The molecule has 1 atom stereocenters. The van der Waals surface area contributed by atoms with Crippen LogP contribution in [0.5, 0.6) is 0 Å². The number of rotatable bonds is 4. The molecular weight excluding hydrogens is 278 g/mol. The summed E-state index contributed by atoms with van der Waals surface area (Å²) in [7, 11) is 0. The fourth-order valence-corrected chi connectivity index (χ4v) is 2.53. The Bertz CT molecular complexity index is 519. The lowest BCUT2D eigenvalue weighted by molar-refractivity contribution is 0.501. The number of nitrogen functional groups attached to an aromatic ring is 1. The first-order chi connectivity index (χ1) is 8.13. The summed E-state index contributed by atoms with van der Waals surface area (Å²) in [6.07, 6.45) is 3.56. The van der Waals surface area contributed by atoms with Crippen molar-refractivity contribution < 1.29 is 0 Å². The van der Waals surface area contributed by atoms with Crippen molar-refractivity contribution in [3.05, 3.63) is 22.7 Å². The Labute approximate surface area is 110 Å². The summed E-state index contributed by atoms with van der Waals surface area (Å²) < 4.78 is 3.20. The van der Waals surface area contributed by atoms with E-state index in [9.17, 15) is 0 Å². The van der Waals surface area contributed by atoms with Crippen LogP contribution in [0.25, 0.3) is 11.0 Å². The van der Waals surface area contributed by atoms with Gasteiger partial charge in [-0.2, -0.15) is 0 Å². The molecule has 1 unspecified atom stereocenters. The number of anilines is 1. The molecule has 2 rings (SSSR count). The van der Waals surface area contributed by atoms with Gasteiger partial charge in [-0.25, -0.2) is 4.98 Å². The number of imidazole rings is 1. The largest absolute Gasteiger partial charge is 0.369 e. The van der Waals surface area contributed by atoms with Crippen LogP contribution in [0.1, 0.15) is 39.2 Å². The predicted octanol–water partition coefficient (Wildman–Crippen LogP) is 4.13. The van der Waals surface area contributed by atoms with E-state index in [1.54, 1.807) is 0 Å². The van der Waals surface area contributed by atoms with E-state index < -0.39 is 0 Å². The topological polar surface area (TPSA) is 43.8 Å². The van der Waals surface area contributed by atoms with Gasteiger partial charge >= 0.3 is 0 Å². The Balaban J connectivity index is 2.44. The van der Waals surface area contributed by atoms with Gasteiger partial charge in [0.05, 0.1) is 11.0 Å². The zero-order valence-electron chi connectivity index (χ0n) is 10.3. The van der Waals surface area contributed by atoms with Crippen LogP contribution in [0, 0.1) is 0 Å². The van der Waals surface area contributed by atoms with Crippen molar-refractivity contribution in [1.29, 1.82) is 0 Å². The third-order valence-corrected chi connectivity index (χ3v) is 3.59. The minimum absolute atomic E-state index is 0.397. The van der Waals surface area contributed by atoms with Gasteiger partial charge in [-0.05, 0) is 31.5 Å². The predicted molar refractivity (Wildman–Crippen MR) is 76.1 cm³/mol. The number of benzene rings is 1. The van der Waals surface area contributed by atoms with Crippen molar-refractivity contribution in [3.63, 3.8) is 0 Å². The summed E-state index contributed by atoms with van der Waals surface area (Å²) in [6.45, 7) is 4.41. The Kier molecular flexibility index (Phi) is 3.72. The van der Waals surface area contributed by atoms with E-state index in [-0.39, 0.29) is 0 Å². The van der Waals surface area contributed by atoms with Crippen molar-refractivity contribution >= 4 is 32.9 Å². The van der Waals surface area contributed by atoms with Gasteiger partial charge in [0.15, 0.2) is 0 Å². The molecule has 0 saturated carbocycles. The number of fused-ring (bicyclic) bond motifs is 1. The number of nitrogens with zero attached hydrogens (tertiary/aromatic N) is 2. The number of unbranched alkanes of at least 4 members (excludes halogenated alkanes) is 1. The quantitative estimate of drug-likeness (QED) is 0.921. The second-order valence-electron chi connectivity index (χ2n) is 4.46. The van der Waals surface area contributed by atoms with Crippen LogP contribution in [0.2, 0.25) is 0 Å². The van der Waals surface area contributed by atoms with Crippen LogP contribution < -0.4 is 5.73 Å². The maximum atomic E-state index is 6.01. The normalized spacial score (nSPS) is 13.1. The molecule has 0 aliphatic carbocycles. The lowest BCUT2D eigenvalue weighted by Crippen LogP contribution is -2.08. The first-order valence-electron chi connectivity index (χ1n) is 6.06. The first kappa shape index (κ1) is 12.4. The molecule has 4 heteroatoms. The molecule has 0 bridgehead atoms. The van der Waals surface area contributed by atoms with E-state index >= 15 is 0 Å². The third kappa shape index (κ3) is 2.46. The SMILES string of the molecule is CCCCC(C)n1c(N)nc2ccc(Br)cc21. The molecule has 0 saturated heterocycles. The van der Waals surface area contributed by atoms with Gasteiger partial charge in [0.2, 0.25) is 5.95 Å². The second-order valence-corrected chi connectivity index (χ2v) is 5.38. The smallest absolute Gasteiger partial charge is 0.201 e. The second kappa shape index (κ2) is 5.08. The van der Waals surface area contributed by atoms with E-state index in [1.807, 2.05) is 12.1 Å². The molecule has 2 N–H and O–H groups in total. The molecule has 1 aromatic carbocycles. The summed E-state index contributed by atoms with van der Waals surface area (Å²) in [5, 5.41) is 0. The third-order valence-electron chi connectivity index (χ3n) is 3.10. The van der Waals surface area contributed by atoms with Crippen LogP contribution in [0.15, 0.2) is 22.7 Å². The number of halogens is 1. The molecule has 0 aliphatic heterocycles. The average molecular weight is 296 g/mol. The summed E-state index contributed by atoms with van der Waals surface area (Å²) in [4.78, 5) is 4.40. The van der Waals surface area contributed by atoms with Crippen molar-refractivity contribution in [3.8, 4) is 0 Å². The highest BCUT2D eigenvalue weighted by Gasteiger charge is 2.13. The first-order valence-corrected chi connectivity index (χ1v) is 6.85. The Morgan fingerprint density at radius 2 is 2.24 bits per heavy atom. The highest BCUT2D eigenvalue weighted by Crippen LogP contribution is 2.27. The highest BCUT2D eigenvalue weighted by molar-refractivity contribution is 9.10. The molecule has 3 nitrogen and oxygen atoms in total. The standard InChI is InChI=1S/C13H18BrN3/c1-3-4-5-9(2)17-12-8-10(14)6-7-11(12)16-13(17)15/h6-9H,3-5H2,1-2H3,(H2,15,16). The molecule has 17 heavy (non-hydrogen) atoms. The molecule has 1 aromatic heterocycles. The van der Waals surface area contributed by atoms with Crippen molar-refractivity contribution in [1.82, 2.24) is 9.55 Å². The average Bonchev–Trinajstić information content (AvgIpc) is 2.61. The summed E-state index contributed by atoms with van der Waals surface area (Å²) in [5.41, 5.74) is 8.09. The van der Waals surface area contributed by atoms with Crippen LogP contribution in [-0.4, -0.2) is 9.55 Å². The summed E-state index contributed by atoms with van der Waals surface area (Å²) in [6, 6.07) is 6.48. The molecule has 0 amide bonds. The number of hydrogen-bond acceptors (Lipinski definition) is 2. The molecule has 92 valence electrons. The minimum atomic E-state index is 0.397. The molecule has 0 fully saturated rings. The highest BCUT2D eigenvalue weighted by atomic mass is 79.9. The van der Waals surface area contributed by atoms with Crippen molar-refractivity contribution in [2.45, 2.75) is 39.2 Å². The molecule has 0 radical (unpaired) electrons. The van der Waals surface area contributed by atoms with E-state index in [0.29, 0.717) is 12.0 Å². The van der Waals surface area contributed by atoms with Gasteiger partial charge in [0.1, 0.15) is 0 Å². The van der Waals surface area contributed by atoms with Crippen LogP contribution in [0.3, 0.4) is 0 Å². The lowest BCUT2D eigenvalue weighted by atomic mass is 10.1. The Hall–Kier alpha value is -1.03. The van der Waals surface area contributed by atoms with Crippen molar-refractivity contribution in [2.75, 3.05) is 5.73 Å². The number of aromatic nitrogens is 2. The van der Waals surface area contributed by atoms with Crippen LogP contribution in [0.4, 0.5) is 5.95 Å².